The number of anilines is 1. The first-order valence-electron chi connectivity index (χ1n) is 8.48. The molecule has 0 aliphatic carbocycles. The highest BCUT2D eigenvalue weighted by Gasteiger charge is 2.18. The fraction of sp³-hybridized carbons (Fsp3) is 0.0952. The van der Waals surface area contributed by atoms with Gasteiger partial charge in [0.1, 0.15) is 5.82 Å². The fourth-order valence-electron chi connectivity index (χ4n) is 2.31. The Labute approximate surface area is 165 Å². The van der Waals surface area contributed by atoms with Gasteiger partial charge in [0.05, 0.1) is 5.69 Å². The second kappa shape index (κ2) is 9.05. The molecule has 7 heteroatoms. The number of nitrogens with zero attached hydrogens (tertiary/aromatic N) is 1. The number of ether oxygens (including phenoxy) is 1. The Kier molecular flexibility index (Phi) is 6.29. The molecule has 0 aliphatic heterocycles. The number of halogens is 1. The van der Waals surface area contributed by atoms with Gasteiger partial charge in [0.15, 0.2) is 11.2 Å². The molecule has 142 valence electrons. The topological polar surface area (TPSA) is 68.3 Å². The SMILES string of the molecule is C[C@H](OC(=O)/C=C\c1ccccc1F)C(=O)Nc1nc(-c2ccccc2)cs1. The standard InChI is InChI=1S/C21H17FN2O3S/c1-14(27-19(25)12-11-15-7-5-6-10-17(15)22)20(26)24-21-23-18(13-28-21)16-8-3-2-4-9-16/h2-14H,1H3,(H,23,24,26)/b12-11-/t14-/m0/s1. The first-order valence-corrected chi connectivity index (χ1v) is 9.36. The third-order valence-electron chi connectivity index (χ3n) is 3.77. The first-order chi connectivity index (χ1) is 13.5. The van der Waals surface area contributed by atoms with Crippen LogP contribution in [0.2, 0.25) is 0 Å². The Morgan fingerprint density at radius 3 is 2.61 bits per heavy atom. The third kappa shape index (κ3) is 5.11. The predicted octanol–water partition coefficient (Wildman–Crippen LogP) is 4.53. The van der Waals surface area contributed by atoms with E-state index in [4.69, 9.17) is 4.74 Å². The van der Waals surface area contributed by atoms with E-state index in [0.717, 1.165) is 17.3 Å². The molecular weight excluding hydrogens is 379 g/mol. The normalized spacial score (nSPS) is 11.9. The molecule has 0 aliphatic rings. The lowest BCUT2D eigenvalue weighted by atomic mass is 10.2. The summed E-state index contributed by atoms with van der Waals surface area (Å²) in [5, 5.41) is 4.87. The van der Waals surface area contributed by atoms with Crippen LogP contribution < -0.4 is 5.32 Å². The maximum atomic E-state index is 13.5. The maximum Gasteiger partial charge on any atom is 0.331 e. The molecule has 28 heavy (non-hydrogen) atoms. The zero-order valence-corrected chi connectivity index (χ0v) is 15.8. The molecule has 0 unspecified atom stereocenters. The number of carbonyl (C=O) groups is 2. The van der Waals surface area contributed by atoms with Crippen LogP contribution >= 0.6 is 11.3 Å². The molecule has 1 amide bonds. The molecule has 0 fully saturated rings. The fourth-order valence-corrected chi connectivity index (χ4v) is 3.04. The lowest BCUT2D eigenvalue weighted by Crippen LogP contribution is -2.29. The van der Waals surface area contributed by atoms with Crippen molar-refractivity contribution < 1.29 is 18.7 Å². The Bertz CT molecular complexity index is 1000. The van der Waals surface area contributed by atoms with Gasteiger partial charge in [0.25, 0.3) is 5.91 Å². The highest BCUT2D eigenvalue weighted by atomic mass is 32.1. The van der Waals surface area contributed by atoms with Crippen LogP contribution in [-0.4, -0.2) is 23.0 Å². The molecule has 1 N–H and O–H groups in total. The second-order valence-corrected chi connectivity index (χ2v) is 6.69. The summed E-state index contributed by atoms with van der Waals surface area (Å²) in [7, 11) is 0. The zero-order valence-electron chi connectivity index (χ0n) is 15.0. The van der Waals surface area contributed by atoms with Gasteiger partial charge in [-0.2, -0.15) is 0 Å². The summed E-state index contributed by atoms with van der Waals surface area (Å²) in [6.45, 7) is 1.45. The van der Waals surface area contributed by atoms with Crippen molar-refractivity contribution in [3.05, 3.63) is 77.4 Å². The van der Waals surface area contributed by atoms with E-state index in [0.29, 0.717) is 5.13 Å². The van der Waals surface area contributed by atoms with Crippen molar-refractivity contribution in [2.75, 3.05) is 5.32 Å². The van der Waals surface area contributed by atoms with Crippen molar-refractivity contribution in [3.8, 4) is 11.3 Å². The summed E-state index contributed by atoms with van der Waals surface area (Å²) in [4.78, 5) is 28.4. The average molecular weight is 396 g/mol. The van der Waals surface area contributed by atoms with Crippen LogP contribution in [0.15, 0.2) is 66.1 Å². The van der Waals surface area contributed by atoms with Crippen LogP contribution in [0.1, 0.15) is 12.5 Å². The van der Waals surface area contributed by atoms with Crippen molar-refractivity contribution >= 4 is 34.4 Å². The number of thiazole rings is 1. The van der Waals surface area contributed by atoms with Gasteiger partial charge in [-0.1, -0.05) is 48.5 Å². The van der Waals surface area contributed by atoms with E-state index in [-0.39, 0.29) is 5.56 Å². The molecule has 1 aromatic heterocycles. The first kappa shape index (κ1) is 19.4. The van der Waals surface area contributed by atoms with Gasteiger partial charge >= 0.3 is 5.97 Å². The van der Waals surface area contributed by atoms with Crippen molar-refractivity contribution in [2.24, 2.45) is 0 Å². The van der Waals surface area contributed by atoms with E-state index in [1.165, 1.54) is 36.5 Å². The number of nitrogens with one attached hydrogen (secondary N) is 1. The third-order valence-corrected chi connectivity index (χ3v) is 4.53. The Morgan fingerprint density at radius 2 is 1.86 bits per heavy atom. The number of esters is 1. The van der Waals surface area contributed by atoms with Crippen LogP contribution in [-0.2, 0) is 14.3 Å². The minimum atomic E-state index is -1.03. The van der Waals surface area contributed by atoms with Gasteiger partial charge in [-0.25, -0.2) is 14.2 Å². The largest absolute Gasteiger partial charge is 0.449 e. The van der Waals surface area contributed by atoms with Crippen molar-refractivity contribution in [1.29, 1.82) is 0 Å². The van der Waals surface area contributed by atoms with E-state index in [2.05, 4.69) is 10.3 Å². The van der Waals surface area contributed by atoms with Crippen LogP contribution in [0.25, 0.3) is 17.3 Å². The number of amides is 1. The summed E-state index contributed by atoms with van der Waals surface area (Å²) < 4.78 is 18.6. The minimum Gasteiger partial charge on any atom is -0.449 e. The van der Waals surface area contributed by atoms with Crippen LogP contribution in [0, 0.1) is 5.82 Å². The smallest absolute Gasteiger partial charge is 0.331 e. The summed E-state index contributed by atoms with van der Waals surface area (Å²) in [6, 6.07) is 15.6. The maximum absolute atomic E-state index is 13.5. The van der Waals surface area contributed by atoms with Crippen molar-refractivity contribution in [2.45, 2.75) is 13.0 Å². The molecule has 0 saturated carbocycles. The summed E-state index contributed by atoms with van der Waals surface area (Å²) >= 11 is 1.28. The van der Waals surface area contributed by atoms with Crippen LogP contribution in [0.3, 0.4) is 0 Å². The number of benzene rings is 2. The lowest BCUT2D eigenvalue weighted by Gasteiger charge is -2.10. The Hall–Kier alpha value is -3.32. The zero-order chi connectivity index (χ0) is 19.9. The quantitative estimate of drug-likeness (QED) is 0.491. The lowest BCUT2D eigenvalue weighted by molar-refractivity contribution is -0.148. The van der Waals surface area contributed by atoms with Crippen LogP contribution in [0.5, 0.6) is 0 Å². The summed E-state index contributed by atoms with van der Waals surface area (Å²) in [5.41, 5.74) is 1.95. The van der Waals surface area contributed by atoms with E-state index in [1.807, 2.05) is 35.7 Å². The second-order valence-electron chi connectivity index (χ2n) is 5.83. The Morgan fingerprint density at radius 1 is 1.14 bits per heavy atom. The molecule has 0 saturated heterocycles. The molecule has 5 nitrogen and oxygen atoms in total. The monoisotopic (exact) mass is 396 g/mol. The molecule has 1 atom stereocenters. The van der Waals surface area contributed by atoms with Gasteiger partial charge in [-0.3, -0.25) is 10.1 Å². The summed E-state index contributed by atoms with van der Waals surface area (Å²) in [6.07, 6.45) is 1.36. The van der Waals surface area contributed by atoms with Crippen molar-refractivity contribution in [3.63, 3.8) is 0 Å². The predicted molar refractivity (Wildman–Crippen MR) is 107 cm³/mol. The Balaban J connectivity index is 1.55. The van der Waals surface area contributed by atoms with Crippen LogP contribution in [0.4, 0.5) is 9.52 Å². The number of hydrogen-bond acceptors (Lipinski definition) is 5. The van der Waals surface area contributed by atoms with Gasteiger partial charge < -0.3 is 4.74 Å². The highest BCUT2D eigenvalue weighted by Crippen LogP contribution is 2.24. The van der Waals surface area contributed by atoms with E-state index in [9.17, 15) is 14.0 Å². The molecular formula is C21H17FN2O3S. The molecule has 3 aromatic rings. The number of carbonyl (C=O) groups excluding carboxylic acids is 2. The molecule has 0 bridgehead atoms. The molecule has 3 rings (SSSR count). The summed E-state index contributed by atoms with van der Waals surface area (Å²) in [5.74, 6) is -1.69. The minimum absolute atomic E-state index is 0.257. The van der Waals surface area contributed by atoms with Gasteiger partial charge in [-0.15, -0.1) is 11.3 Å². The molecule has 0 radical (unpaired) electrons. The van der Waals surface area contributed by atoms with Gasteiger partial charge in [-0.05, 0) is 19.1 Å². The van der Waals surface area contributed by atoms with E-state index in [1.54, 1.807) is 12.1 Å². The van der Waals surface area contributed by atoms with E-state index >= 15 is 0 Å². The molecule has 0 spiro atoms. The average Bonchev–Trinajstić information content (AvgIpc) is 3.16. The number of rotatable bonds is 6. The number of hydrogen-bond donors (Lipinski definition) is 1. The van der Waals surface area contributed by atoms with Gasteiger partial charge in [0, 0.05) is 22.6 Å². The number of aromatic nitrogens is 1. The highest BCUT2D eigenvalue weighted by molar-refractivity contribution is 7.14. The van der Waals surface area contributed by atoms with E-state index < -0.39 is 23.8 Å². The molecule has 1 heterocycles. The van der Waals surface area contributed by atoms with Gasteiger partial charge in [0.2, 0.25) is 0 Å². The molecule has 2 aromatic carbocycles. The van der Waals surface area contributed by atoms with Crippen molar-refractivity contribution in [1.82, 2.24) is 4.98 Å².